The Morgan fingerprint density at radius 1 is 1.64 bits per heavy atom. The van der Waals surface area contributed by atoms with Crippen LogP contribution in [0.25, 0.3) is 0 Å². The summed E-state index contributed by atoms with van der Waals surface area (Å²) in [6.07, 6.45) is 2.22. The molecule has 14 heavy (non-hydrogen) atoms. The predicted octanol–water partition coefficient (Wildman–Crippen LogP) is 1.21. The maximum absolute atomic E-state index is 11.6. The highest BCUT2D eigenvalue weighted by atomic mass is 32.1. The quantitative estimate of drug-likeness (QED) is 0.694. The van der Waals surface area contributed by atoms with E-state index in [0.29, 0.717) is 0 Å². The van der Waals surface area contributed by atoms with Gasteiger partial charge in [0.25, 0.3) is 0 Å². The molecule has 80 valence electrons. The molecule has 2 atom stereocenters. The second kappa shape index (κ2) is 3.85. The fraction of sp³-hybridized carbons (Fsp3) is 0.800. The summed E-state index contributed by atoms with van der Waals surface area (Å²) in [6, 6.07) is 0.284. The standard InChI is InChI=1S/C10H18N2OS/c1-6(8(11)14)9(13)12-7-4-5-10(7,2)3/h6-7H,4-5H2,1-3H3,(H2,11,14)(H,12,13). The first-order valence-electron chi connectivity index (χ1n) is 4.94. The highest BCUT2D eigenvalue weighted by Crippen LogP contribution is 2.39. The van der Waals surface area contributed by atoms with Crippen LogP contribution in [0.2, 0.25) is 0 Å². The van der Waals surface area contributed by atoms with Gasteiger partial charge in [0.1, 0.15) is 0 Å². The van der Waals surface area contributed by atoms with Gasteiger partial charge in [0, 0.05) is 6.04 Å². The van der Waals surface area contributed by atoms with Crippen molar-refractivity contribution in [2.24, 2.45) is 17.1 Å². The van der Waals surface area contributed by atoms with Crippen molar-refractivity contribution in [2.45, 2.75) is 39.7 Å². The monoisotopic (exact) mass is 214 g/mol. The Labute approximate surface area is 90.4 Å². The van der Waals surface area contributed by atoms with Gasteiger partial charge >= 0.3 is 0 Å². The van der Waals surface area contributed by atoms with Crippen LogP contribution in [0.1, 0.15) is 33.6 Å². The van der Waals surface area contributed by atoms with E-state index in [4.69, 9.17) is 18.0 Å². The highest BCUT2D eigenvalue weighted by Gasteiger charge is 2.39. The Balaban J connectivity index is 2.46. The maximum Gasteiger partial charge on any atom is 0.229 e. The lowest BCUT2D eigenvalue weighted by molar-refractivity contribution is -0.125. The minimum Gasteiger partial charge on any atom is -0.393 e. The highest BCUT2D eigenvalue weighted by molar-refractivity contribution is 7.80. The van der Waals surface area contributed by atoms with Crippen molar-refractivity contribution in [3.8, 4) is 0 Å². The molecule has 0 saturated heterocycles. The molecule has 0 aromatic carbocycles. The second-order valence-corrected chi connectivity index (χ2v) is 5.18. The SMILES string of the molecule is CC(C(=O)NC1CCC1(C)C)C(N)=S. The van der Waals surface area contributed by atoms with Crippen LogP contribution >= 0.6 is 12.2 Å². The average Bonchev–Trinajstić information content (AvgIpc) is 2.10. The molecule has 2 unspecified atom stereocenters. The van der Waals surface area contributed by atoms with Gasteiger partial charge in [-0.25, -0.2) is 0 Å². The van der Waals surface area contributed by atoms with Crippen molar-refractivity contribution < 1.29 is 4.79 Å². The van der Waals surface area contributed by atoms with Crippen molar-refractivity contribution in [3.05, 3.63) is 0 Å². The van der Waals surface area contributed by atoms with E-state index >= 15 is 0 Å². The number of amides is 1. The number of thiocarbonyl (C=S) groups is 1. The van der Waals surface area contributed by atoms with Crippen molar-refractivity contribution in [1.29, 1.82) is 0 Å². The van der Waals surface area contributed by atoms with E-state index in [2.05, 4.69) is 19.2 Å². The Morgan fingerprint density at radius 2 is 2.21 bits per heavy atom. The Morgan fingerprint density at radius 3 is 2.50 bits per heavy atom. The maximum atomic E-state index is 11.6. The van der Waals surface area contributed by atoms with E-state index in [1.807, 2.05) is 0 Å². The molecule has 0 aromatic rings. The van der Waals surface area contributed by atoms with E-state index in [9.17, 15) is 4.79 Å². The predicted molar refractivity (Wildman–Crippen MR) is 60.9 cm³/mol. The van der Waals surface area contributed by atoms with Gasteiger partial charge < -0.3 is 11.1 Å². The Hall–Kier alpha value is -0.640. The molecule has 1 fully saturated rings. The van der Waals surface area contributed by atoms with Gasteiger partial charge in [-0.15, -0.1) is 0 Å². The summed E-state index contributed by atoms with van der Waals surface area (Å²) in [5.41, 5.74) is 5.64. The molecular weight excluding hydrogens is 196 g/mol. The third kappa shape index (κ3) is 2.23. The summed E-state index contributed by atoms with van der Waals surface area (Å²) < 4.78 is 0. The number of carbonyl (C=O) groups excluding carboxylic acids is 1. The van der Waals surface area contributed by atoms with Crippen molar-refractivity contribution in [1.82, 2.24) is 5.32 Å². The van der Waals surface area contributed by atoms with Crippen LogP contribution in [-0.4, -0.2) is 16.9 Å². The van der Waals surface area contributed by atoms with E-state index in [1.54, 1.807) is 6.92 Å². The summed E-state index contributed by atoms with van der Waals surface area (Å²) in [5, 5.41) is 2.98. The van der Waals surface area contributed by atoms with Crippen LogP contribution < -0.4 is 11.1 Å². The topological polar surface area (TPSA) is 55.1 Å². The number of rotatable bonds is 3. The molecule has 3 N–H and O–H groups in total. The molecule has 1 amide bonds. The van der Waals surface area contributed by atoms with Gasteiger partial charge in [-0.3, -0.25) is 4.79 Å². The average molecular weight is 214 g/mol. The van der Waals surface area contributed by atoms with E-state index in [1.165, 1.54) is 6.42 Å². The largest absolute Gasteiger partial charge is 0.393 e. The van der Waals surface area contributed by atoms with E-state index < -0.39 is 0 Å². The second-order valence-electron chi connectivity index (χ2n) is 4.71. The summed E-state index contributed by atoms with van der Waals surface area (Å²) in [4.78, 5) is 11.9. The number of hydrogen-bond acceptors (Lipinski definition) is 2. The molecule has 3 nitrogen and oxygen atoms in total. The van der Waals surface area contributed by atoms with Gasteiger partial charge in [-0.2, -0.15) is 0 Å². The molecule has 0 radical (unpaired) electrons. The lowest BCUT2D eigenvalue weighted by Gasteiger charge is -2.45. The van der Waals surface area contributed by atoms with Crippen molar-refractivity contribution >= 4 is 23.1 Å². The third-order valence-corrected chi connectivity index (χ3v) is 3.51. The Bertz CT molecular complexity index is 263. The fourth-order valence-electron chi connectivity index (χ4n) is 1.56. The normalized spacial score (nSPS) is 26.1. The first-order valence-corrected chi connectivity index (χ1v) is 5.35. The summed E-state index contributed by atoms with van der Waals surface area (Å²) in [5.74, 6) is -0.406. The van der Waals surface area contributed by atoms with E-state index in [0.717, 1.165) is 6.42 Å². The van der Waals surface area contributed by atoms with Crippen molar-refractivity contribution in [2.75, 3.05) is 0 Å². The number of carbonyl (C=O) groups is 1. The molecule has 0 spiro atoms. The lowest BCUT2D eigenvalue weighted by Crippen LogP contribution is -2.54. The first kappa shape index (κ1) is 11.4. The smallest absolute Gasteiger partial charge is 0.229 e. The zero-order valence-electron chi connectivity index (χ0n) is 8.96. The van der Waals surface area contributed by atoms with Gasteiger partial charge in [-0.1, -0.05) is 26.1 Å². The molecule has 1 rings (SSSR count). The lowest BCUT2D eigenvalue weighted by atomic mass is 9.67. The molecule has 0 aromatic heterocycles. The molecule has 1 aliphatic carbocycles. The molecule has 1 aliphatic rings. The molecule has 4 heteroatoms. The Kier molecular flexibility index (Phi) is 3.14. The van der Waals surface area contributed by atoms with Crippen molar-refractivity contribution in [3.63, 3.8) is 0 Å². The van der Waals surface area contributed by atoms with Crippen LogP contribution in [-0.2, 0) is 4.79 Å². The minimum atomic E-state index is -0.360. The van der Waals surface area contributed by atoms with Gasteiger partial charge in [0.05, 0.1) is 10.9 Å². The van der Waals surface area contributed by atoms with E-state index in [-0.39, 0.29) is 28.3 Å². The van der Waals surface area contributed by atoms with Crippen LogP contribution in [0.15, 0.2) is 0 Å². The van der Waals surface area contributed by atoms with Crippen LogP contribution in [0.4, 0.5) is 0 Å². The number of nitrogens with two attached hydrogens (primary N) is 1. The molecule has 0 bridgehead atoms. The van der Waals surface area contributed by atoms with Crippen LogP contribution in [0.3, 0.4) is 0 Å². The summed E-state index contributed by atoms with van der Waals surface area (Å²) >= 11 is 4.78. The molecule has 0 aliphatic heterocycles. The summed E-state index contributed by atoms with van der Waals surface area (Å²) in [6.45, 7) is 6.06. The van der Waals surface area contributed by atoms with Crippen LogP contribution in [0.5, 0.6) is 0 Å². The first-order chi connectivity index (χ1) is 6.34. The van der Waals surface area contributed by atoms with Gasteiger partial charge in [0.2, 0.25) is 5.91 Å². The zero-order valence-corrected chi connectivity index (χ0v) is 9.78. The minimum absolute atomic E-state index is 0.0460. The molecular formula is C10H18N2OS. The number of hydrogen-bond donors (Lipinski definition) is 2. The zero-order chi connectivity index (χ0) is 10.9. The molecule has 0 heterocycles. The fourth-order valence-corrected chi connectivity index (χ4v) is 1.67. The number of nitrogens with one attached hydrogen (secondary N) is 1. The summed E-state index contributed by atoms with van der Waals surface area (Å²) in [7, 11) is 0. The van der Waals surface area contributed by atoms with Gasteiger partial charge in [-0.05, 0) is 25.2 Å². The third-order valence-electron chi connectivity index (χ3n) is 3.16. The molecule has 1 saturated carbocycles. The van der Waals surface area contributed by atoms with Gasteiger partial charge in [0.15, 0.2) is 0 Å². The van der Waals surface area contributed by atoms with Crippen LogP contribution in [0, 0.1) is 11.3 Å².